The Balaban J connectivity index is 1.98. The van der Waals surface area contributed by atoms with Gasteiger partial charge in [0.2, 0.25) is 10.9 Å². The van der Waals surface area contributed by atoms with Crippen molar-refractivity contribution < 1.29 is 0 Å². The minimum absolute atomic E-state index is 0.00703. The van der Waals surface area contributed by atoms with Gasteiger partial charge in [-0.2, -0.15) is 21.3 Å². The van der Waals surface area contributed by atoms with E-state index < -0.39 is 0 Å². The Morgan fingerprint density at radius 2 is 2.13 bits per heavy atom. The van der Waals surface area contributed by atoms with Crippen LogP contribution < -0.4 is 5.56 Å². The third kappa shape index (κ3) is 2.57. The van der Waals surface area contributed by atoms with Crippen LogP contribution in [0.2, 0.25) is 0 Å². The Bertz CT molecular complexity index is 917. The molecule has 0 N–H and O–H groups in total. The third-order valence-electron chi connectivity index (χ3n) is 4.04. The molecule has 0 fully saturated rings. The lowest BCUT2D eigenvalue weighted by molar-refractivity contribution is 0.703. The molecule has 7 heteroatoms. The summed E-state index contributed by atoms with van der Waals surface area (Å²) in [7, 11) is 0. The van der Waals surface area contributed by atoms with Crippen molar-refractivity contribution in [1.29, 1.82) is 0 Å². The summed E-state index contributed by atoms with van der Waals surface area (Å²) < 4.78 is 3.63. The van der Waals surface area contributed by atoms with Crippen LogP contribution >= 0.6 is 23.5 Å². The molecule has 0 saturated carbocycles. The molecule has 2 aromatic heterocycles. The van der Waals surface area contributed by atoms with E-state index in [1.807, 2.05) is 36.2 Å². The van der Waals surface area contributed by atoms with Crippen molar-refractivity contribution in [2.75, 3.05) is 12.0 Å². The van der Waals surface area contributed by atoms with Gasteiger partial charge in [-0.15, -0.1) is 5.10 Å². The molecule has 0 bridgehead atoms. The molecule has 5 nitrogen and oxygen atoms in total. The summed E-state index contributed by atoms with van der Waals surface area (Å²) in [6.45, 7) is 0.708. The van der Waals surface area contributed by atoms with E-state index in [-0.39, 0.29) is 5.56 Å². The summed E-state index contributed by atoms with van der Waals surface area (Å²) in [4.78, 5) is 17.3. The Morgan fingerprint density at radius 3 is 2.91 bits per heavy atom. The maximum atomic E-state index is 12.7. The van der Waals surface area contributed by atoms with Gasteiger partial charge in [0.25, 0.3) is 5.56 Å². The predicted molar refractivity (Wildman–Crippen MR) is 94.4 cm³/mol. The third-order valence-corrected chi connectivity index (χ3v) is 5.55. The average Bonchev–Trinajstić information content (AvgIpc) is 3.04. The molecule has 23 heavy (non-hydrogen) atoms. The Labute approximate surface area is 142 Å². The first kappa shape index (κ1) is 14.8. The first-order chi connectivity index (χ1) is 11.3. The van der Waals surface area contributed by atoms with E-state index in [4.69, 9.17) is 0 Å². The van der Waals surface area contributed by atoms with Crippen molar-refractivity contribution in [2.24, 2.45) is 0 Å². The number of fused-ring (bicyclic) bond motifs is 2. The van der Waals surface area contributed by atoms with E-state index >= 15 is 0 Å². The van der Waals surface area contributed by atoms with Crippen molar-refractivity contribution in [1.82, 2.24) is 19.2 Å². The molecular formula is C16H16N4OS2. The van der Waals surface area contributed by atoms with Crippen LogP contribution in [0.4, 0.5) is 0 Å². The highest BCUT2D eigenvalue weighted by Crippen LogP contribution is 2.25. The standard InChI is InChI=1S/C16H16N4OS2/c1-22-15-17-16-19(9-11-5-3-2-4-6-11)13-10-23-8-7-12(13)14(21)20(16)18-15/h2-6H,7-10H2,1H3. The van der Waals surface area contributed by atoms with Gasteiger partial charge in [0, 0.05) is 17.0 Å². The number of hydrogen-bond donors (Lipinski definition) is 0. The molecule has 0 atom stereocenters. The van der Waals surface area contributed by atoms with Gasteiger partial charge in [0.1, 0.15) is 0 Å². The minimum Gasteiger partial charge on any atom is -0.308 e. The Morgan fingerprint density at radius 1 is 1.30 bits per heavy atom. The molecule has 0 radical (unpaired) electrons. The number of thioether (sulfide) groups is 2. The lowest BCUT2D eigenvalue weighted by Crippen LogP contribution is -2.29. The van der Waals surface area contributed by atoms with Crippen molar-refractivity contribution in [3.05, 3.63) is 57.5 Å². The summed E-state index contributed by atoms with van der Waals surface area (Å²) in [5.41, 5.74) is 3.18. The molecular weight excluding hydrogens is 328 g/mol. The van der Waals surface area contributed by atoms with E-state index in [1.165, 1.54) is 21.8 Å². The first-order valence-electron chi connectivity index (χ1n) is 7.45. The van der Waals surface area contributed by atoms with Crippen molar-refractivity contribution in [3.8, 4) is 0 Å². The van der Waals surface area contributed by atoms with Crippen molar-refractivity contribution in [2.45, 2.75) is 23.9 Å². The Hall–Kier alpha value is -1.73. The van der Waals surface area contributed by atoms with Gasteiger partial charge in [0.05, 0.1) is 6.54 Å². The van der Waals surface area contributed by atoms with Gasteiger partial charge >= 0.3 is 0 Å². The molecule has 0 amide bonds. The maximum absolute atomic E-state index is 12.7. The first-order valence-corrected chi connectivity index (χ1v) is 9.83. The summed E-state index contributed by atoms with van der Waals surface area (Å²) in [6, 6.07) is 10.3. The summed E-state index contributed by atoms with van der Waals surface area (Å²) in [6.07, 6.45) is 2.73. The highest BCUT2D eigenvalue weighted by Gasteiger charge is 2.22. The zero-order valence-corrected chi connectivity index (χ0v) is 14.4. The zero-order valence-electron chi connectivity index (χ0n) is 12.7. The monoisotopic (exact) mass is 344 g/mol. The van der Waals surface area contributed by atoms with Gasteiger partial charge < -0.3 is 4.57 Å². The molecule has 3 aromatic rings. The molecule has 4 rings (SSSR count). The largest absolute Gasteiger partial charge is 0.308 e. The number of aromatic nitrogens is 4. The number of nitrogens with zero attached hydrogens (tertiary/aromatic N) is 4. The molecule has 0 unspecified atom stereocenters. The summed E-state index contributed by atoms with van der Waals surface area (Å²) >= 11 is 3.33. The van der Waals surface area contributed by atoms with Crippen LogP contribution in [0.3, 0.4) is 0 Å². The highest BCUT2D eigenvalue weighted by molar-refractivity contribution is 7.98. The SMILES string of the molecule is CSc1nc2n(Cc3ccccc3)c3c(c(=O)n2n1)CCSC3. The molecule has 1 aliphatic rings. The lowest BCUT2D eigenvalue weighted by atomic mass is 10.1. The maximum Gasteiger partial charge on any atom is 0.279 e. The van der Waals surface area contributed by atoms with Crippen LogP contribution in [0, 0.1) is 0 Å². The average molecular weight is 344 g/mol. The van der Waals surface area contributed by atoms with Crippen LogP contribution in [0.25, 0.3) is 5.78 Å². The van der Waals surface area contributed by atoms with Gasteiger partial charge in [-0.3, -0.25) is 4.79 Å². The minimum atomic E-state index is -0.00703. The molecule has 3 heterocycles. The van der Waals surface area contributed by atoms with Crippen LogP contribution in [-0.4, -0.2) is 31.2 Å². The summed E-state index contributed by atoms with van der Waals surface area (Å²) in [5, 5.41) is 5.01. The highest BCUT2D eigenvalue weighted by atomic mass is 32.2. The molecule has 118 valence electrons. The molecule has 0 saturated heterocycles. The molecule has 0 aliphatic carbocycles. The van der Waals surface area contributed by atoms with Crippen molar-refractivity contribution >= 4 is 29.3 Å². The second kappa shape index (κ2) is 6.05. The fraction of sp³-hybridized carbons (Fsp3) is 0.312. The fourth-order valence-corrected chi connectivity index (χ4v) is 4.26. The smallest absolute Gasteiger partial charge is 0.279 e. The van der Waals surface area contributed by atoms with Gasteiger partial charge in [-0.25, -0.2) is 0 Å². The fourth-order valence-electron chi connectivity index (χ4n) is 2.91. The van der Waals surface area contributed by atoms with E-state index in [9.17, 15) is 4.79 Å². The zero-order chi connectivity index (χ0) is 15.8. The van der Waals surface area contributed by atoms with E-state index in [1.54, 1.807) is 0 Å². The van der Waals surface area contributed by atoms with Gasteiger partial charge in [-0.1, -0.05) is 42.1 Å². The normalized spacial score (nSPS) is 14.1. The molecule has 0 spiro atoms. The van der Waals surface area contributed by atoms with Crippen LogP contribution in [0.1, 0.15) is 16.8 Å². The topological polar surface area (TPSA) is 52.2 Å². The number of rotatable bonds is 3. The van der Waals surface area contributed by atoms with Gasteiger partial charge in [0.15, 0.2) is 0 Å². The predicted octanol–water partition coefficient (Wildman–Crippen LogP) is 2.45. The molecule has 1 aliphatic heterocycles. The lowest BCUT2D eigenvalue weighted by Gasteiger charge is -2.21. The number of hydrogen-bond acceptors (Lipinski definition) is 5. The van der Waals surface area contributed by atoms with Crippen LogP contribution in [0.5, 0.6) is 0 Å². The second-order valence-electron chi connectivity index (χ2n) is 5.42. The van der Waals surface area contributed by atoms with E-state index in [2.05, 4.69) is 26.8 Å². The van der Waals surface area contributed by atoms with Crippen molar-refractivity contribution in [3.63, 3.8) is 0 Å². The number of benzene rings is 1. The van der Waals surface area contributed by atoms with Crippen LogP contribution in [0.15, 0.2) is 40.3 Å². The summed E-state index contributed by atoms with van der Waals surface area (Å²) in [5.74, 6) is 2.49. The van der Waals surface area contributed by atoms with Crippen LogP contribution in [-0.2, 0) is 18.7 Å². The Kier molecular flexibility index (Phi) is 3.90. The van der Waals surface area contributed by atoms with Gasteiger partial charge in [-0.05, 0) is 24.0 Å². The molecule has 1 aromatic carbocycles. The van der Waals surface area contributed by atoms with E-state index in [0.29, 0.717) is 17.5 Å². The van der Waals surface area contributed by atoms with E-state index in [0.717, 1.165) is 29.2 Å². The quantitative estimate of drug-likeness (QED) is 0.683. The second-order valence-corrected chi connectivity index (χ2v) is 7.29.